The first-order valence-electron chi connectivity index (χ1n) is 5.49. The molecular formula is C9H14F3N5O2. The second-order valence-corrected chi connectivity index (χ2v) is 3.43. The summed E-state index contributed by atoms with van der Waals surface area (Å²) in [6.07, 6.45) is -4.68. The number of hydrogen-bond donors (Lipinski definition) is 2. The van der Waals surface area contributed by atoms with Crippen LogP contribution in [0, 0.1) is 0 Å². The van der Waals surface area contributed by atoms with Crippen LogP contribution in [0.1, 0.15) is 19.8 Å². The summed E-state index contributed by atoms with van der Waals surface area (Å²) < 4.78 is 45.8. The standard InChI is InChI=1S/C9H14F3N5O2/c1-2-4-18-7-14-6(17-13)15-8(16-7)19-5-3-9(10,11)12/h2-5,13H2,1H3,(H,14,15,16,17). The number of rotatable bonds is 7. The molecule has 1 aromatic heterocycles. The Hall–Kier alpha value is -1.84. The summed E-state index contributed by atoms with van der Waals surface area (Å²) in [7, 11) is 0. The fraction of sp³-hybridized carbons (Fsp3) is 0.667. The summed E-state index contributed by atoms with van der Waals surface area (Å²) in [4.78, 5) is 11.1. The molecule has 0 atom stereocenters. The Bertz CT molecular complexity index is 402. The minimum atomic E-state index is -4.30. The lowest BCUT2D eigenvalue weighted by molar-refractivity contribution is -0.139. The van der Waals surface area contributed by atoms with Crippen LogP contribution in [0.3, 0.4) is 0 Å². The van der Waals surface area contributed by atoms with E-state index in [4.69, 9.17) is 15.3 Å². The summed E-state index contributed by atoms with van der Waals surface area (Å²) in [5.41, 5.74) is 2.15. The summed E-state index contributed by atoms with van der Waals surface area (Å²) >= 11 is 0. The summed E-state index contributed by atoms with van der Waals surface area (Å²) in [6.45, 7) is 1.64. The fourth-order valence-electron chi connectivity index (χ4n) is 0.983. The van der Waals surface area contributed by atoms with E-state index in [1.807, 2.05) is 6.92 Å². The van der Waals surface area contributed by atoms with E-state index in [9.17, 15) is 13.2 Å². The molecule has 1 heterocycles. The van der Waals surface area contributed by atoms with Gasteiger partial charge in [0.1, 0.15) is 6.61 Å². The van der Waals surface area contributed by atoms with Crippen molar-refractivity contribution < 1.29 is 22.6 Å². The lowest BCUT2D eigenvalue weighted by Gasteiger charge is -2.09. The Labute approximate surface area is 107 Å². The number of nitrogens with zero attached hydrogens (tertiary/aromatic N) is 3. The van der Waals surface area contributed by atoms with Crippen molar-refractivity contribution in [1.82, 2.24) is 15.0 Å². The molecule has 0 unspecified atom stereocenters. The predicted molar refractivity (Wildman–Crippen MR) is 59.6 cm³/mol. The number of alkyl halides is 3. The van der Waals surface area contributed by atoms with Crippen molar-refractivity contribution in [3.63, 3.8) is 0 Å². The van der Waals surface area contributed by atoms with E-state index in [-0.39, 0.29) is 18.0 Å². The molecule has 0 spiro atoms. The molecular weight excluding hydrogens is 267 g/mol. The van der Waals surface area contributed by atoms with Gasteiger partial charge in [0.05, 0.1) is 13.0 Å². The second kappa shape index (κ2) is 6.92. The number of ether oxygens (including phenoxy) is 2. The molecule has 0 saturated carbocycles. The molecule has 7 nitrogen and oxygen atoms in total. The molecule has 0 fully saturated rings. The van der Waals surface area contributed by atoms with E-state index in [1.54, 1.807) is 0 Å². The Morgan fingerprint density at radius 2 is 1.68 bits per heavy atom. The first-order valence-corrected chi connectivity index (χ1v) is 5.49. The highest BCUT2D eigenvalue weighted by Crippen LogP contribution is 2.20. The summed E-state index contributed by atoms with van der Waals surface area (Å²) in [5, 5.41) is 0. The average molecular weight is 281 g/mol. The first-order chi connectivity index (χ1) is 8.94. The highest BCUT2D eigenvalue weighted by atomic mass is 19.4. The number of nitrogens with one attached hydrogen (secondary N) is 1. The van der Waals surface area contributed by atoms with Gasteiger partial charge < -0.3 is 9.47 Å². The number of aromatic nitrogens is 3. The predicted octanol–water partition coefficient (Wildman–Crippen LogP) is 1.28. The minimum Gasteiger partial charge on any atom is -0.463 e. The minimum absolute atomic E-state index is 0.0527. The third-order valence-electron chi connectivity index (χ3n) is 1.78. The molecule has 0 bridgehead atoms. The molecule has 0 radical (unpaired) electrons. The van der Waals surface area contributed by atoms with Crippen LogP contribution in [-0.2, 0) is 0 Å². The maximum atomic E-state index is 12.0. The van der Waals surface area contributed by atoms with Crippen molar-refractivity contribution >= 4 is 5.95 Å². The molecule has 0 saturated heterocycles. The van der Waals surface area contributed by atoms with Crippen molar-refractivity contribution in [2.24, 2.45) is 5.84 Å². The van der Waals surface area contributed by atoms with Gasteiger partial charge in [-0.05, 0) is 6.42 Å². The van der Waals surface area contributed by atoms with Crippen LogP contribution in [0.15, 0.2) is 0 Å². The third kappa shape index (κ3) is 6.04. The van der Waals surface area contributed by atoms with Crippen LogP contribution < -0.4 is 20.7 Å². The van der Waals surface area contributed by atoms with Gasteiger partial charge in [-0.3, -0.25) is 5.43 Å². The van der Waals surface area contributed by atoms with Crippen molar-refractivity contribution in [1.29, 1.82) is 0 Å². The van der Waals surface area contributed by atoms with E-state index in [0.717, 1.165) is 6.42 Å². The van der Waals surface area contributed by atoms with Crippen molar-refractivity contribution in [2.75, 3.05) is 18.6 Å². The maximum Gasteiger partial charge on any atom is 0.392 e. The number of halogens is 3. The molecule has 0 aliphatic rings. The Balaban J connectivity index is 2.65. The molecule has 1 rings (SSSR count). The number of nitrogens with two attached hydrogens (primary N) is 1. The van der Waals surface area contributed by atoms with Crippen LogP contribution in [0.2, 0.25) is 0 Å². The van der Waals surface area contributed by atoms with Crippen LogP contribution in [0.5, 0.6) is 12.0 Å². The van der Waals surface area contributed by atoms with Gasteiger partial charge in [0.2, 0.25) is 5.95 Å². The molecule has 10 heteroatoms. The second-order valence-electron chi connectivity index (χ2n) is 3.43. The molecule has 0 aromatic carbocycles. The fourth-order valence-corrected chi connectivity index (χ4v) is 0.983. The maximum absolute atomic E-state index is 12.0. The molecule has 108 valence electrons. The Morgan fingerprint density at radius 1 is 1.11 bits per heavy atom. The van der Waals surface area contributed by atoms with Crippen LogP contribution in [-0.4, -0.2) is 34.3 Å². The summed E-state index contributed by atoms with van der Waals surface area (Å²) in [6, 6.07) is -0.342. The SMILES string of the molecule is CCCOc1nc(NN)nc(OCCC(F)(F)F)n1. The topological polar surface area (TPSA) is 95.2 Å². The normalized spacial score (nSPS) is 11.2. The molecule has 19 heavy (non-hydrogen) atoms. The molecule has 0 amide bonds. The van der Waals surface area contributed by atoms with Crippen molar-refractivity contribution in [3.05, 3.63) is 0 Å². The molecule has 3 N–H and O–H groups in total. The monoisotopic (exact) mass is 281 g/mol. The summed E-state index contributed by atoms with van der Waals surface area (Å²) in [5.74, 6) is 5.07. The third-order valence-corrected chi connectivity index (χ3v) is 1.78. The van der Waals surface area contributed by atoms with Gasteiger partial charge in [-0.25, -0.2) is 5.84 Å². The van der Waals surface area contributed by atoms with Crippen LogP contribution in [0.4, 0.5) is 19.1 Å². The Morgan fingerprint density at radius 3 is 2.16 bits per heavy atom. The number of nitrogen functional groups attached to an aromatic ring is 1. The molecule has 0 aliphatic carbocycles. The molecule has 0 aliphatic heterocycles. The first kappa shape index (κ1) is 15.2. The van der Waals surface area contributed by atoms with Crippen molar-refractivity contribution in [2.45, 2.75) is 25.9 Å². The largest absolute Gasteiger partial charge is 0.463 e. The van der Waals surface area contributed by atoms with Crippen molar-refractivity contribution in [3.8, 4) is 12.0 Å². The van der Waals surface area contributed by atoms with E-state index in [0.29, 0.717) is 6.61 Å². The number of hydrogen-bond acceptors (Lipinski definition) is 7. The zero-order valence-electron chi connectivity index (χ0n) is 10.2. The van der Waals surface area contributed by atoms with Gasteiger partial charge in [-0.2, -0.15) is 23.1 Å². The number of anilines is 1. The van der Waals surface area contributed by atoms with Gasteiger partial charge in [-0.1, -0.05) is 6.92 Å². The Kier molecular flexibility index (Phi) is 5.55. The zero-order valence-corrected chi connectivity index (χ0v) is 10.2. The van der Waals surface area contributed by atoms with Crippen LogP contribution >= 0.6 is 0 Å². The van der Waals surface area contributed by atoms with Gasteiger partial charge in [0, 0.05) is 0 Å². The van der Waals surface area contributed by atoms with Gasteiger partial charge >= 0.3 is 18.2 Å². The van der Waals surface area contributed by atoms with E-state index in [1.165, 1.54) is 0 Å². The lowest BCUT2D eigenvalue weighted by Crippen LogP contribution is -2.16. The quantitative estimate of drug-likeness (QED) is 0.574. The van der Waals surface area contributed by atoms with E-state index < -0.39 is 19.2 Å². The van der Waals surface area contributed by atoms with Gasteiger partial charge in [0.15, 0.2) is 0 Å². The highest BCUT2D eigenvalue weighted by Gasteiger charge is 2.27. The lowest BCUT2D eigenvalue weighted by atomic mass is 10.4. The average Bonchev–Trinajstić information content (AvgIpc) is 2.34. The van der Waals surface area contributed by atoms with E-state index >= 15 is 0 Å². The smallest absolute Gasteiger partial charge is 0.392 e. The zero-order chi connectivity index (χ0) is 14.3. The van der Waals surface area contributed by atoms with E-state index in [2.05, 4.69) is 20.4 Å². The number of hydrazine groups is 1. The van der Waals surface area contributed by atoms with Gasteiger partial charge in [0.25, 0.3) is 0 Å². The van der Waals surface area contributed by atoms with Gasteiger partial charge in [-0.15, -0.1) is 4.98 Å². The highest BCUT2D eigenvalue weighted by molar-refractivity contribution is 5.25. The van der Waals surface area contributed by atoms with Crippen LogP contribution in [0.25, 0.3) is 0 Å². The molecule has 1 aromatic rings.